The summed E-state index contributed by atoms with van der Waals surface area (Å²) in [5, 5.41) is 2.67. The van der Waals surface area contributed by atoms with E-state index in [0.29, 0.717) is 6.54 Å². The van der Waals surface area contributed by atoms with Crippen LogP contribution >= 0.6 is 0 Å². The van der Waals surface area contributed by atoms with E-state index in [1.165, 1.54) is 6.08 Å². The highest BCUT2D eigenvalue weighted by Crippen LogP contribution is 2.17. The van der Waals surface area contributed by atoms with Crippen LogP contribution in [0.25, 0.3) is 0 Å². The third-order valence-electron chi connectivity index (χ3n) is 1.60. The molecule has 0 aromatic rings. The maximum Gasteiger partial charge on any atom is 0.243 e. The number of hydrogen-bond acceptors (Lipinski definition) is 3. The number of rotatable bonds is 5. The molecule has 0 saturated carbocycles. The number of nitrogens with one attached hydrogen (secondary N) is 1. The molecule has 0 saturated heterocycles. The lowest BCUT2D eigenvalue weighted by Gasteiger charge is -2.32. The quantitative estimate of drug-likeness (QED) is 0.595. The summed E-state index contributed by atoms with van der Waals surface area (Å²) in [6, 6.07) is 0. The molecule has 0 heterocycles. The van der Waals surface area contributed by atoms with Crippen LogP contribution < -0.4 is 5.32 Å². The van der Waals surface area contributed by atoms with E-state index in [2.05, 4.69) is 11.9 Å². The summed E-state index contributed by atoms with van der Waals surface area (Å²) >= 11 is 0. The van der Waals surface area contributed by atoms with Crippen molar-refractivity contribution in [1.29, 1.82) is 0 Å². The van der Waals surface area contributed by atoms with E-state index in [-0.39, 0.29) is 17.1 Å². The number of ether oxygens (including phenoxy) is 2. The van der Waals surface area contributed by atoms with Crippen LogP contribution in [0, 0.1) is 0 Å². The van der Waals surface area contributed by atoms with Crippen molar-refractivity contribution in [1.82, 2.24) is 5.32 Å². The molecule has 0 atom stereocenters. The summed E-state index contributed by atoms with van der Waals surface area (Å²) in [4.78, 5) is 11.1. The van der Waals surface area contributed by atoms with E-state index in [1.807, 2.05) is 41.5 Å². The fraction of sp³-hybridized carbons (Fsp3) is 0.769. The van der Waals surface area contributed by atoms with Gasteiger partial charge in [-0.25, -0.2) is 0 Å². The van der Waals surface area contributed by atoms with Crippen molar-refractivity contribution in [2.45, 2.75) is 59.0 Å². The van der Waals surface area contributed by atoms with Crippen LogP contribution in [0.2, 0.25) is 0 Å². The third-order valence-corrected chi connectivity index (χ3v) is 1.60. The molecule has 1 N–H and O–H groups in total. The Morgan fingerprint density at radius 3 is 1.88 bits per heavy atom. The first-order valence-electron chi connectivity index (χ1n) is 5.79. The maximum absolute atomic E-state index is 11.1. The van der Waals surface area contributed by atoms with E-state index in [1.54, 1.807) is 0 Å². The van der Waals surface area contributed by atoms with Crippen molar-refractivity contribution in [3.05, 3.63) is 12.7 Å². The zero-order chi connectivity index (χ0) is 13.7. The van der Waals surface area contributed by atoms with Crippen molar-refractivity contribution < 1.29 is 14.3 Å². The molecule has 0 rings (SSSR count). The summed E-state index contributed by atoms with van der Waals surface area (Å²) in [5.41, 5.74) is -0.649. The summed E-state index contributed by atoms with van der Waals surface area (Å²) in [7, 11) is 0. The molecule has 0 radical (unpaired) electrons. The topological polar surface area (TPSA) is 47.6 Å². The predicted molar refractivity (Wildman–Crippen MR) is 68.7 cm³/mol. The van der Waals surface area contributed by atoms with E-state index in [4.69, 9.17) is 9.47 Å². The minimum absolute atomic E-state index is 0.231. The van der Waals surface area contributed by atoms with E-state index in [9.17, 15) is 4.79 Å². The van der Waals surface area contributed by atoms with Gasteiger partial charge < -0.3 is 14.8 Å². The molecule has 0 fully saturated rings. The van der Waals surface area contributed by atoms with Crippen LogP contribution in [-0.4, -0.2) is 29.9 Å². The Kier molecular flexibility index (Phi) is 5.85. The van der Waals surface area contributed by atoms with Crippen molar-refractivity contribution >= 4 is 5.91 Å². The molecule has 0 aliphatic heterocycles. The molecule has 0 aliphatic rings. The minimum atomic E-state index is -0.473. The Morgan fingerprint density at radius 2 is 1.59 bits per heavy atom. The zero-order valence-electron chi connectivity index (χ0n) is 11.8. The van der Waals surface area contributed by atoms with Crippen molar-refractivity contribution in [3.8, 4) is 0 Å². The molecule has 17 heavy (non-hydrogen) atoms. The average Bonchev–Trinajstić information content (AvgIpc) is 2.08. The van der Waals surface area contributed by atoms with Gasteiger partial charge in [0.05, 0.1) is 17.7 Å². The molecule has 0 aromatic heterocycles. The molecule has 0 aromatic carbocycles. The highest BCUT2D eigenvalue weighted by atomic mass is 16.7. The second-order valence-corrected chi connectivity index (χ2v) is 5.84. The fourth-order valence-electron chi connectivity index (χ4n) is 1.15. The zero-order valence-corrected chi connectivity index (χ0v) is 11.8. The first-order chi connectivity index (χ1) is 7.53. The van der Waals surface area contributed by atoms with Gasteiger partial charge in [0.15, 0.2) is 6.29 Å². The molecule has 0 bridgehead atoms. The van der Waals surface area contributed by atoms with Crippen LogP contribution in [0.4, 0.5) is 0 Å². The second kappa shape index (κ2) is 6.17. The van der Waals surface area contributed by atoms with Gasteiger partial charge in [0.25, 0.3) is 0 Å². The van der Waals surface area contributed by atoms with Gasteiger partial charge in [-0.15, -0.1) is 0 Å². The Hall–Kier alpha value is -0.870. The van der Waals surface area contributed by atoms with Gasteiger partial charge in [0.2, 0.25) is 5.91 Å². The lowest BCUT2D eigenvalue weighted by molar-refractivity contribution is -0.230. The van der Waals surface area contributed by atoms with Gasteiger partial charge in [-0.1, -0.05) is 6.58 Å². The standard InChI is InChI=1S/C13H25NO3/c1-8-10(15)14-9-11(16-12(2,3)4)17-13(5,6)7/h8,11H,1,9H2,2-7H3,(H,14,15). The highest BCUT2D eigenvalue weighted by molar-refractivity contribution is 5.86. The van der Waals surface area contributed by atoms with Crippen molar-refractivity contribution in [2.24, 2.45) is 0 Å². The van der Waals surface area contributed by atoms with Gasteiger partial charge >= 0.3 is 0 Å². The van der Waals surface area contributed by atoms with E-state index in [0.717, 1.165) is 0 Å². The summed E-state index contributed by atoms with van der Waals surface area (Å²) < 4.78 is 11.5. The van der Waals surface area contributed by atoms with Crippen LogP contribution in [0.1, 0.15) is 41.5 Å². The first-order valence-corrected chi connectivity index (χ1v) is 5.79. The van der Waals surface area contributed by atoms with Gasteiger partial charge in [0, 0.05) is 0 Å². The van der Waals surface area contributed by atoms with Gasteiger partial charge in [-0.2, -0.15) is 0 Å². The Morgan fingerprint density at radius 1 is 1.18 bits per heavy atom. The molecule has 0 aliphatic carbocycles. The molecule has 4 nitrogen and oxygen atoms in total. The molecule has 0 unspecified atom stereocenters. The number of hydrogen-bond donors (Lipinski definition) is 1. The average molecular weight is 243 g/mol. The van der Waals surface area contributed by atoms with Crippen LogP contribution in [0.5, 0.6) is 0 Å². The normalized spacial score (nSPS) is 12.6. The predicted octanol–water partition coefficient (Wildman–Crippen LogP) is 2.24. The number of carbonyl (C=O) groups is 1. The van der Waals surface area contributed by atoms with Gasteiger partial charge in [-0.05, 0) is 47.6 Å². The van der Waals surface area contributed by atoms with E-state index < -0.39 is 6.29 Å². The van der Waals surface area contributed by atoms with Crippen LogP contribution in [0.15, 0.2) is 12.7 Å². The molecule has 0 spiro atoms. The smallest absolute Gasteiger partial charge is 0.243 e. The highest BCUT2D eigenvalue weighted by Gasteiger charge is 2.24. The molecule has 100 valence electrons. The molecular formula is C13H25NO3. The number of amides is 1. The lowest BCUT2D eigenvalue weighted by atomic mass is 10.2. The van der Waals surface area contributed by atoms with Gasteiger partial charge in [0.1, 0.15) is 0 Å². The van der Waals surface area contributed by atoms with Crippen molar-refractivity contribution in [2.75, 3.05) is 6.54 Å². The largest absolute Gasteiger partial charge is 0.347 e. The minimum Gasteiger partial charge on any atom is -0.347 e. The Labute approximate surface area is 104 Å². The summed E-state index contributed by atoms with van der Waals surface area (Å²) in [5.74, 6) is -0.231. The molecular weight excluding hydrogens is 218 g/mol. The van der Waals surface area contributed by atoms with Crippen LogP contribution in [0.3, 0.4) is 0 Å². The molecule has 4 heteroatoms. The first kappa shape index (κ1) is 16.1. The number of carbonyl (C=O) groups excluding carboxylic acids is 1. The summed E-state index contributed by atoms with van der Waals surface area (Å²) in [6.07, 6.45) is 0.754. The Bertz CT molecular complexity index is 245. The monoisotopic (exact) mass is 243 g/mol. The third kappa shape index (κ3) is 10.0. The Balaban J connectivity index is 4.41. The lowest BCUT2D eigenvalue weighted by Crippen LogP contribution is -2.42. The SMILES string of the molecule is C=CC(=O)NCC(OC(C)(C)C)OC(C)(C)C. The maximum atomic E-state index is 11.1. The fourth-order valence-corrected chi connectivity index (χ4v) is 1.15. The van der Waals surface area contributed by atoms with Gasteiger partial charge in [-0.3, -0.25) is 4.79 Å². The van der Waals surface area contributed by atoms with E-state index >= 15 is 0 Å². The second-order valence-electron chi connectivity index (χ2n) is 5.84. The summed E-state index contributed by atoms with van der Waals surface area (Å²) in [6.45, 7) is 15.4. The molecule has 1 amide bonds. The van der Waals surface area contributed by atoms with Crippen LogP contribution in [-0.2, 0) is 14.3 Å². The van der Waals surface area contributed by atoms with Crippen molar-refractivity contribution in [3.63, 3.8) is 0 Å².